The highest BCUT2D eigenvalue weighted by atomic mass is 16.6. The van der Waals surface area contributed by atoms with Gasteiger partial charge in [-0.05, 0) is 27.7 Å². The lowest BCUT2D eigenvalue weighted by molar-refractivity contribution is -0.384. The van der Waals surface area contributed by atoms with Gasteiger partial charge in [-0.3, -0.25) is 10.1 Å². The molecule has 1 rings (SSSR count). The fraction of sp³-hybridized carbons (Fsp3) is 0.636. The summed E-state index contributed by atoms with van der Waals surface area (Å²) in [5.74, 6) is 0.388. The number of rotatable bonds is 6. The second-order valence-electron chi connectivity index (χ2n) is 4.74. The Balaban J connectivity index is 3.14. The molecular weight excluding hydrogens is 250 g/mol. The van der Waals surface area contributed by atoms with Crippen molar-refractivity contribution in [1.29, 1.82) is 0 Å². The first-order valence-electron chi connectivity index (χ1n) is 5.99. The number of aromatic nitrogens is 2. The summed E-state index contributed by atoms with van der Waals surface area (Å²) in [6.45, 7) is 7.55. The molecule has 19 heavy (non-hydrogen) atoms. The number of nitrogens with zero attached hydrogens (tertiary/aromatic N) is 3. The van der Waals surface area contributed by atoms with E-state index in [0.29, 0.717) is 12.5 Å². The third-order valence-corrected chi connectivity index (χ3v) is 2.79. The molecule has 106 valence electrons. The number of hydrogen-bond donors (Lipinski definition) is 3. The maximum Gasteiger partial charge on any atom is 0.329 e. The lowest BCUT2D eigenvalue weighted by Gasteiger charge is -2.29. The molecule has 1 unspecified atom stereocenters. The average Bonchev–Trinajstić information content (AvgIpc) is 2.28. The van der Waals surface area contributed by atoms with Gasteiger partial charge in [-0.2, -0.15) is 4.98 Å². The van der Waals surface area contributed by atoms with Gasteiger partial charge in [0, 0.05) is 6.54 Å². The van der Waals surface area contributed by atoms with Crippen molar-refractivity contribution < 1.29 is 10.0 Å². The summed E-state index contributed by atoms with van der Waals surface area (Å²) in [6.07, 6.45) is 0.440. The summed E-state index contributed by atoms with van der Waals surface area (Å²) < 4.78 is 0. The summed E-state index contributed by atoms with van der Waals surface area (Å²) >= 11 is 0. The Morgan fingerprint density at radius 1 is 1.58 bits per heavy atom. The Kier molecular flexibility index (Phi) is 4.60. The molecule has 0 fully saturated rings. The van der Waals surface area contributed by atoms with Crippen LogP contribution in [0.5, 0.6) is 0 Å². The Bertz CT molecular complexity index is 462. The fourth-order valence-electron chi connectivity index (χ4n) is 1.25. The highest BCUT2D eigenvalue weighted by Gasteiger charge is 2.28. The summed E-state index contributed by atoms with van der Waals surface area (Å²) in [7, 11) is 0. The minimum absolute atomic E-state index is 0.0850. The summed E-state index contributed by atoms with van der Waals surface area (Å²) in [5, 5.41) is 26.4. The number of nitro groups is 1. The molecule has 0 aromatic carbocycles. The average molecular weight is 269 g/mol. The molecule has 3 N–H and O–H groups in total. The zero-order chi connectivity index (χ0) is 14.6. The van der Waals surface area contributed by atoms with Gasteiger partial charge in [-0.1, -0.05) is 0 Å². The Hall–Kier alpha value is -1.96. The van der Waals surface area contributed by atoms with E-state index >= 15 is 0 Å². The zero-order valence-corrected chi connectivity index (χ0v) is 11.5. The predicted octanol–water partition coefficient (Wildman–Crippen LogP) is 1.39. The number of anilines is 2. The molecule has 0 saturated heterocycles. The molecule has 0 radical (unpaired) electrons. The molecule has 1 aromatic rings. The first-order valence-corrected chi connectivity index (χ1v) is 5.99. The van der Waals surface area contributed by atoms with Crippen LogP contribution in [0.15, 0.2) is 6.20 Å². The Labute approximate surface area is 111 Å². The molecule has 8 heteroatoms. The van der Waals surface area contributed by atoms with Crippen LogP contribution in [-0.2, 0) is 0 Å². The topological polar surface area (TPSA) is 113 Å². The van der Waals surface area contributed by atoms with Gasteiger partial charge >= 0.3 is 5.69 Å². The van der Waals surface area contributed by atoms with Crippen molar-refractivity contribution in [2.75, 3.05) is 17.2 Å². The minimum Gasteiger partial charge on any atom is -0.391 e. The smallest absolute Gasteiger partial charge is 0.329 e. The van der Waals surface area contributed by atoms with Crippen molar-refractivity contribution in [1.82, 2.24) is 9.97 Å². The van der Waals surface area contributed by atoms with Gasteiger partial charge in [0.2, 0.25) is 11.8 Å². The quantitative estimate of drug-likeness (QED) is 0.528. The van der Waals surface area contributed by atoms with E-state index in [0.717, 1.165) is 6.20 Å². The molecule has 0 aliphatic carbocycles. The number of nitrogens with one attached hydrogen (secondary N) is 2. The highest BCUT2D eigenvalue weighted by Crippen LogP contribution is 2.26. The molecule has 1 aromatic heterocycles. The van der Waals surface area contributed by atoms with E-state index in [1.54, 1.807) is 20.8 Å². The monoisotopic (exact) mass is 269 g/mol. The maximum atomic E-state index is 10.9. The van der Waals surface area contributed by atoms with Gasteiger partial charge in [-0.15, -0.1) is 0 Å². The van der Waals surface area contributed by atoms with Crippen molar-refractivity contribution in [3.8, 4) is 0 Å². The van der Waals surface area contributed by atoms with Gasteiger partial charge in [0.15, 0.2) is 0 Å². The van der Waals surface area contributed by atoms with Crippen LogP contribution in [0, 0.1) is 10.1 Å². The van der Waals surface area contributed by atoms with Crippen molar-refractivity contribution in [3.63, 3.8) is 0 Å². The van der Waals surface area contributed by atoms with Crippen LogP contribution < -0.4 is 10.6 Å². The zero-order valence-electron chi connectivity index (χ0n) is 11.5. The van der Waals surface area contributed by atoms with Crippen molar-refractivity contribution >= 4 is 17.5 Å². The molecular formula is C11H19N5O3. The number of hydrogen-bond acceptors (Lipinski definition) is 7. The summed E-state index contributed by atoms with van der Waals surface area (Å²) in [5.41, 5.74) is -0.974. The van der Waals surface area contributed by atoms with Crippen LogP contribution in [0.3, 0.4) is 0 Å². The van der Waals surface area contributed by atoms with Crippen molar-refractivity contribution in [2.45, 2.75) is 39.3 Å². The van der Waals surface area contributed by atoms with Gasteiger partial charge in [0.1, 0.15) is 6.20 Å². The molecule has 0 aliphatic rings. The van der Waals surface area contributed by atoms with Crippen LogP contribution in [0.4, 0.5) is 17.5 Å². The second kappa shape index (κ2) is 5.79. The van der Waals surface area contributed by atoms with E-state index in [-0.39, 0.29) is 11.5 Å². The molecule has 1 atom stereocenters. The number of aliphatic hydroxyl groups is 1. The van der Waals surface area contributed by atoms with Gasteiger partial charge in [0.05, 0.1) is 16.6 Å². The minimum atomic E-state index is -0.747. The SMILES string of the molecule is CCNc1ncc([N+](=O)[O-])c(NC(C)(C)C(C)O)n1. The largest absolute Gasteiger partial charge is 0.391 e. The van der Waals surface area contributed by atoms with Crippen molar-refractivity contribution in [2.24, 2.45) is 0 Å². The number of aliphatic hydroxyl groups excluding tert-OH is 1. The summed E-state index contributed by atoms with van der Waals surface area (Å²) in [4.78, 5) is 18.3. The Morgan fingerprint density at radius 2 is 2.21 bits per heavy atom. The molecule has 0 saturated carbocycles. The Morgan fingerprint density at radius 3 is 2.68 bits per heavy atom. The lowest BCUT2D eigenvalue weighted by Crippen LogP contribution is -2.42. The predicted molar refractivity (Wildman–Crippen MR) is 72.2 cm³/mol. The molecule has 0 aliphatic heterocycles. The molecule has 8 nitrogen and oxygen atoms in total. The van der Waals surface area contributed by atoms with Crippen molar-refractivity contribution in [3.05, 3.63) is 16.3 Å². The van der Waals surface area contributed by atoms with Gasteiger partial charge in [-0.25, -0.2) is 4.98 Å². The van der Waals surface area contributed by atoms with Crippen LogP contribution in [0.25, 0.3) is 0 Å². The molecule has 0 spiro atoms. The standard InChI is InChI=1S/C11H19N5O3/c1-5-12-10-13-6-8(16(18)19)9(14-10)15-11(3,4)7(2)17/h6-7,17H,5H2,1-4H3,(H2,12,13,14,15). The second-order valence-corrected chi connectivity index (χ2v) is 4.74. The highest BCUT2D eigenvalue weighted by molar-refractivity contribution is 5.58. The van der Waals surface area contributed by atoms with E-state index in [2.05, 4.69) is 20.6 Å². The third kappa shape index (κ3) is 3.75. The van der Waals surface area contributed by atoms with Gasteiger partial charge in [0.25, 0.3) is 0 Å². The fourth-order valence-corrected chi connectivity index (χ4v) is 1.25. The summed E-state index contributed by atoms with van der Waals surface area (Å²) in [6, 6.07) is 0. The van der Waals surface area contributed by atoms with E-state index in [9.17, 15) is 15.2 Å². The van der Waals surface area contributed by atoms with E-state index in [1.807, 2.05) is 6.92 Å². The van der Waals surface area contributed by atoms with E-state index in [4.69, 9.17) is 0 Å². The normalized spacial score (nSPS) is 12.9. The first-order chi connectivity index (χ1) is 8.77. The van der Waals surface area contributed by atoms with Crippen LogP contribution in [0.1, 0.15) is 27.7 Å². The molecule has 0 amide bonds. The maximum absolute atomic E-state index is 10.9. The first kappa shape index (κ1) is 15.1. The molecule has 1 heterocycles. The van der Waals surface area contributed by atoms with Crippen LogP contribution in [0.2, 0.25) is 0 Å². The van der Waals surface area contributed by atoms with Crippen LogP contribution >= 0.6 is 0 Å². The van der Waals surface area contributed by atoms with E-state index < -0.39 is 16.6 Å². The van der Waals surface area contributed by atoms with Crippen LogP contribution in [-0.4, -0.2) is 38.2 Å². The van der Waals surface area contributed by atoms with Gasteiger partial charge < -0.3 is 15.7 Å². The molecule has 0 bridgehead atoms. The van der Waals surface area contributed by atoms with E-state index in [1.165, 1.54) is 0 Å². The third-order valence-electron chi connectivity index (χ3n) is 2.79. The lowest BCUT2D eigenvalue weighted by atomic mass is 9.99.